The van der Waals surface area contributed by atoms with Crippen molar-refractivity contribution in [1.82, 2.24) is 0 Å². The van der Waals surface area contributed by atoms with E-state index < -0.39 is 6.29 Å². The Kier molecular flexibility index (Phi) is 9.64. The van der Waals surface area contributed by atoms with Gasteiger partial charge in [-0.3, -0.25) is 0 Å². The largest absolute Gasteiger partial charge is 0.228 e. The van der Waals surface area contributed by atoms with Gasteiger partial charge in [0, 0.05) is 6.42 Å². The van der Waals surface area contributed by atoms with Crippen molar-refractivity contribution in [2.75, 3.05) is 0 Å². The van der Waals surface area contributed by atoms with Crippen molar-refractivity contribution in [3.8, 4) is 0 Å². The molecule has 0 N–H and O–H groups in total. The summed E-state index contributed by atoms with van der Waals surface area (Å²) in [5.41, 5.74) is -0.626. The number of hydrogen-bond donors (Lipinski definition) is 0. The second kappa shape index (κ2) is 9.72. The van der Waals surface area contributed by atoms with Gasteiger partial charge >= 0.3 is 0 Å². The molecule has 20 heavy (non-hydrogen) atoms. The first-order valence-corrected chi connectivity index (χ1v) is 7.95. The van der Waals surface area contributed by atoms with Crippen LogP contribution in [0.1, 0.15) is 87.0 Å². The predicted molar refractivity (Wildman–Crippen MR) is 81.0 cm³/mol. The molecule has 0 unspecified atom stereocenters. The van der Waals surface area contributed by atoms with Crippen molar-refractivity contribution in [1.29, 1.82) is 0 Å². The molecule has 0 saturated carbocycles. The molecule has 0 rings (SSSR count). The number of hydrogen-bond acceptors (Lipinski definition) is 4. The molecule has 0 saturated heterocycles. The summed E-state index contributed by atoms with van der Waals surface area (Å²) >= 11 is 0. The second-order valence-electron chi connectivity index (χ2n) is 6.51. The molecule has 0 spiro atoms. The van der Waals surface area contributed by atoms with Crippen LogP contribution in [0, 0.1) is 0 Å². The van der Waals surface area contributed by atoms with Crippen molar-refractivity contribution < 1.29 is 19.6 Å². The van der Waals surface area contributed by atoms with Crippen LogP contribution in [0.15, 0.2) is 0 Å². The van der Waals surface area contributed by atoms with Gasteiger partial charge in [-0.25, -0.2) is 19.6 Å². The van der Waals surface area contributed by atoms with Gasteiger partial charge in [0.25, 0.3) is 0 Å². The molecule has 0 aromatic carbocycles. The Bertz CT molecular complexity index is 219. The Morgan fingerprint density at radius 3 is 1.55 bits per heavy atom. The van der Waals surface area contributed by atoms with Crippen molar-refractivity contribution in [3.63, 3.8) is 0 Å². The molecule has 0 heterocycles. The van der Waals surface area contributed by atoms with Gasteiger partial charge in [0.1, 0.15) is 0 Å². The van der Waals surface area contributed by atoms with Crippen LogP contribution < -0.4 is 0 Å². The van der Waals surface area contributed by atoms with Gasteiger partial charge in [-0.15, -0.1) is 0 Å². The molecule has 0 fully saturated rings. The van der Waals surface area contributed by atoms with Crippen molar-refractivity contribution in [3.05, 3.63) is 0 Å². The molecule has 0 amide bonds. The molecule has 0 bridgehead atoms. The quantitative estimate of drug-likeness (QED) is 0.215. The van der Waals surface area contributed by atoms with Gasteiger partial charge in [0.05, 0.1) is 11.2 Å². The molecule has 0 aliphatic heterocycles. The summed E-state index contributed by atoms with van der Waals surface area (Å²) in [7, 11) is 0. The molecule has 0 aliphatic carbocycles. The molecule has 4 nitrogen and oxygen atoms in total. The van der Waals surface area contributed by atoms with Gasteiger partial charge in [-0.1, -0.05) is 33.6 Å². The van der Waals surface area contributed by atoms with Gasteiger partial charge < -0.3 is 0 Å². The van der Waals surface area contributed by atoms with Crippen LogP contribution >= 0.6 is 0 Å². The summed E-state index contributed by atoms with van der Waals surface area (Å²) in [5, 5.41) is 0. The predicted octanol–water partition coefficient (Wildman–Crippen LogP) is 5.17. The van der Waals surface area contributed by atoms with E-state index in [0.29, 0.717) is 0 Å². The van der Waals surface area contributed by atoms with Crippen LogP contribution in [0.2, 0.25) is 0 Å². The Morgan fingerprint density at radius 1 is 0.750 bits per heavy atom. The van der Waals surface area contributed by atoms with Crippen LogP contribution in [-0.4, -0.2) is 17.5 Å². The van der Waals surface area contributed by atoms with Gasteiger partial charge in [-0.2, -0.15) is 0 Å². The topological polar surface area (TPSA) is 36.9 Å². The van der Waals surface area contributed by atoms with E-state index in [1.807, 2.05) is 27.7 Å². The van der Waals surface area contributed by atoms with E-state index in [1.54, 1.807) is 0 Å². The Balaban J connectivity index is 4.26. The molecule has 0 aromatic heterocycles. The number of rotatable bonds is 12. The first-order chi connectivity index (χ1) is 9.26. The monoisotopic (exact) mass is 290 g/mol. The van der Waals surface area contributed by atoms with E-state index in [1.165, 1.54) is 0 Å². The van der Waals surface area contributed by atoms with Crippen molar-refractivity contribution in [2.45, 2.75) is 104 Å². The van der Waals surface area contributed by atoms with E-state index in [-0.39, 0.29) is 11.2 Å². The van der Waals surface area contributed by atoms with E-state index in [0.717, 1.165) is 38.5 Å². The lowest BCUT2D eigenvalue weighted by Crippen LogP contribution is -2.31. The van der Waals surface area contributed by atoms with Gasteiger partial charge in [0.2, 0.25) is 6.29 Å². The van der Waals surface area contributed by atoms with Crippen LogP contribution in [0.25, 0.3) is 0 Å². The third-order valence-corrected chi connectivity index (χ3v) is 3.51. The average molecular weight is 290 g/mol. The Hall–Kier alpha value is -0.160. The standard InChI is InChI=1S/C16H34O4/c1-8-11-12-13-14(17-19-15(4,5)9-2)18-20-16(6,7)10-3/h14H,8-13H2,1-7H3. The molecule has 0 radical (unpaired) electrons. The zero-order valence-corrected chi connectivity index (χ0v) is 14.5. The summed E-state index contributed by atoms with van der Waals surface area (Å²) in [5.74, 6) is 0. The Labute approximate surface area is 125 Å². The van der Waals surface area contributed by atoms with Crippen LogP contribution in [0.3, 0.4) is 0 Å². The van der Waals surface area contributed by atoms with Crippen LogP contribution in [0.5, 0.6) is 0 Å². The highest BCUT2D eigenvalue weighted by Gasteiger charge is 2.24. The highest BCUT2D eigenvalue weighted by Crippen LogP contribution is 2.20. The second-order valence-corrected chi connectivity index (χ2v) is 6.51. The first-order valence-electron chi connectivity index (χ1n) is 7.95. The van der Waals surface area contributed by atoms with Gasteiger partial charge in [0.15, 0.2) is 0 Å². The lowest BCUT2D eigenvalue weighted by Gasteiger charge is -2.28. The smallest absolute Gasteiger partial charge is 0.224 e. The molecule has 4 heteroatoms. The minimum absolute atomic E-state index is 0.313. The van der Waals surface area contributed by atoms with E-state index in [2.05, 4.69) is 20.8 Å². The molecule has 0 aliphatic rings. The van der Waals surface area contributed by atoms with Gasteiger partial charge in [-0.05, 0) is 47.0 Å². The summed E-state index contributed by atoms with van der Waals surface area (Å²) in [6.07, 6.45) is 5.39. The summed E-state index contributed by atoms with van der Waals surface area (Å²) in [4.78, 5) is 21.8. The minimum Gasteiger partial charge on any atom is -0.228 e. The maximum Gasteiger partial charge on any atom is 0.224 e. The fraction of sp³-hybridized carbons (Fsp3) is 1.00. The average Bonchev–Trinajstić information content (AvgIpc) is 2.41. The molecule has 122 valence electrons. The maximum atomic E-state index is 5.47. The zero-order valence-electron chi connectivity index (χ0n) is 14.5. The molecular formula is C16H34O4. The lowest BCUT2D eigenvalue weighted by atomic mass is 10.1. The highest BCUT2D eigenvalue weighted by atomic mass is 17.3. The zero-order chi connectivity index (χ0) is 15.6. The van der Waals surface area contributed by atoms with E-state index in [9.17, 15) is 0 Å². The highest BCUT2D eigenvalue weighted by molar-refractivity contribution is 4.63. The fourth-order valence-corrected chi connectivity index (χ4v) is 1.16. The third-order valence-electron chi connectivity index (χ3n) is 3.51. The first kappa shape index (κ1) is 19.8. The maximum absolute atomic E-state index is 5.47. The van der Waals surface area contributed by atoms with Crippen molar-refractivity contribution >= 4 is 0 Å². The van der Waals surface area contributed by atoms with Crippen molar-refractivity contribution in [2.24, 2.45) is 0 Å². The molecule has 0 aromatic rings. The number of unbranched alkanes of at least 4 members (excludes halogenated alkanes) is 2. The third kappa shape index (κ3) is 9.70. The lowest BCUT2D eigenvalue weighted by molar-refractivity contribution is -0.500. The molecule has 0 atom stereocenters. The van der Waals surface area contributed by atoms with E-state index >= 15 is 0 Å². The summed E-state index contributed by atoms with van der Waals surface area (Å²) in [6.45, 7) is 14.3. The fourth-order valence-electron chi connectivity index (χ4n) is 1.16. The van der Waals surface area contributed by atoms with E-state index in [4.69, 9.17) is 19.6 Å². The van der Waals surface area contributed by atoms with Crippen LogP contribution in [-0.2, 0) is 19.6 Å². The minimum atomic E-state index is -0.474. The summed E-state index contributed by atoms with van der Waals surface area (Å²) in [6, 6.07) is 0. The summed E-state index contributed by atoms with van der Waals surface area (Å²) < 4.78 is 0. The normalized spacial score (nSPS) is 13.2. The van der Waals surface area contributed by atoms with Crippen LogP contribution in [0.4, 0.5) is 0 Å². The SMILES string of the molecule is CCCCCC(OOC(C)(C)CC)OOC(C)(C)CC. The Morgan fingerprint density at radius 2 is 1.20 bits per heavy atom. The molecular weight excluding hydrogens is 256 g/mol.